The van der Waals surface area contributed by atoms with E-state index >= 15 is 0 Å². The van der Waals surface area contributed by atoms with E-state index in [1.165, 1.54) is 0 Å². The van der Waals surface area contributed by atoms with Crippen LogP contribution in [0.3, 0.4) is 0 Å². The maximum Gasteiger partial charge on any atom is 0.251 e. The van der Waals surface area contributed by atoms with Gasteiger partial charge in [-0.05, 0) is 61.9 Å². The molecule has 3 aromatic rings. The summed E-state index contributed by atoms with van der Waals surface area (Å²) in [6.07, 6.45) is 0.112. The number of rotatable bonds is 9. The van der Waals surface area contributed by atoms with E-state index in [4.69, 9.17) is 4.74 Å². The molecule has 0 radical (unpaired) electrons. The Hall–Kier alpha value is -3.80. The predicted molar refractivity (Wildman–Crippen MR) is 123 cm³/mol. The lowest BCUT2D eigenvalue weighted by Crippen LogP contribution is -2.24. The molecule has 0 aliphatic heterocycles. The number of ether oxygens (including phenoxy) is 1. The lowest BCUT2D eigenvalue weighted by Gasteiger charge is -2.11. The SMILES string of the molecule is CC(C)Oc1ccc(NCC(=O)Nc2cccc(C(=O)NCc3ccccc3)c2)cc1. The summed E-state index contributed by atoms with van der Waals surface area (Å²) in [6.45, 7) is 4.49. The summed E-state index contributed by atoms with van der Waals surface area (Å²) < 4.78 is 5.61. The van der Waals surface area contributed by atoms with Crippen molar-refractivity contribution in [2.75, 3.05) is 17.2 Å². The first-order valence-electron chi connectivity index (χ1n) is 10.2. The van der Waals surface area contributed by atoms with Crippen LogP contribution in [-0.2, 0) is 11.3 Å². The van der Waals surface area contributed by atoms with Crippen molar-refractivity contribution >= 4 is 23.2 Å². The molecule has 0 bridgehead atoms. The lowest BCUT2D eigenvalue weighted by atomic mass is 10.1. The third-order valence-corrected chi connectivity index (χ3v) is 4.38. The van der Waals surface area contributed by atoms with Crippen LogP contribution in [0.2, 0.25) is 0 Å². The molecular formula is C25H27N3O3. The Bertz CT molecular complexity index is 1000. The molecule has 6 heteroatoms. The number of carbonyl (C=O) groups is 2. The molecule has 0 saturated carbocycles. The molecule has 6 nitrogen and oxygen atoms in total. The van der Waals surface area contributed by atoms with Gasteiger partial charge >= 0.3 is 0 Å². The van der Waals surface area contributed by atoms with Gasteiger partial charge in [0.25, 0.3) is 5.91 Å². The maximum atomic E-state index is 12.4. The maximum absolute atomic E-state index is 12.4. The summed E-state index contributed by atoms with van der Waals surface area (Å²) in [5.74, 6) is 0.387. The van der Waals surface area contributed by atoms with Gasteiger partial charge in [0.15, 0.2) is 0 Å². The second-order valence-corrected chi connectivity index (χ2v) is 7.34. The Morgan fingerprint density at radius 2 is 1.61 bits per heavy atom. The molecule has 3 rings (SSSR count). The number of hydrogen-bond acceptors (Lipinski definition) is 4. The minimum atomic E-state index is -0.204. The van der Waals surface area contributed by atoms with Gasteiger partial charge in [0, 0.05) is 23.5 Å². The second-order valence-electron chi connectivity index (χ2n) is 7.34. The molecule has 0 saturated heterocycles. The van der Waals surface area contributed by atoms with Gasteiger partial charge in [-0.25, -0.2) is 0 Å². The summed E-state index contributed by atoms with van der Waals surface area (Å²) in [5, 5.41) is 8.77. The summed E-state index contributed by atoms with van der Waals surface area (Å²) in [5.41, 5.74) is 2.90. The van der Waals surface area contributed by atoms with Crippen LogP contribution in [0.25, 0.3) is 0 Å². The third kappa shape index (κ3) is 7.19. The van der Waals surface area contributed by atoms with Crippen LogP contribution in [-0.4, -0.2) is 24.5 Å². The zero-order chi connectivity index (χ0) is 22.1. The Labute approximate surface area is 182 Å². The van der Waals surface area contributed by atoms with Crippen LogP contribution in [0.1, 0.15) is 29.8 Å². The minimum Gasteiger partial charge on any atom is -0.491 e. The molecule has 0 atom stereocenters. The van der Waals surface area contributed by atoms with Crippen molar-refractivity contribution in [3.05, 3.63) is 90.0 Å². The molecule has 2 amide bonds. The molecule has 0 aromatic heterocycles. The quantitative estimate of drug-likeness (QED) is 0.480. The van der Waals surface area contributed by atoms with E-state index < -0.39 is 0 Å². The molecule has 31 heavy (non-hydrogen) atoms. The highest BCUT2D eigenvalue weighted by Gasteiger charge is 2.08. The Morgan fingerprint density at radius 3 is 2.32 bits per heavy atom. The van der Waals surface area contributed by atoms with E-state index in [1.807, 2.05) is 68.4 Å². The standard InChI is InChI=1S/C25H27N3O3/c1-18(2)31-23-13-11-21(12-14-23)26-17-24(29)28-22-10-6-9-20(15-22)25(30)27-16-19-7-4-3-5-8-19/h3-15,18,26H,16-17H2,1-2H3,(H,27,30)(H,28,29). The van der Waals surface area contributed by atoms with E-state index in [-0.39, 0.29) is 24.5 Å². The van der Waals surface area contributed by atoms with Crippen molar-refractivity contribution in [3.63, 3.8) is 0 Å². The fourth-order valence-electron chi connectivity index (χ4n) is 2.93. The first-order chi connectivity index (χ1) is 15.0. The third-order valence-electron chi connectivity index (χ3n) is 4.38. The van der Waals surface area contributed by atoms with E-state index in [1.54, 1.807) is 24.3 Å². The highest BCUT2D eigenvalue weighted by Crippen LogP contribution is 2.17. The topological polar surface area (TPSA) is 79.5 Å². The molecule has 0 unspecified atom stereocenters. The smallest absolute Gasteiger partial charge is 0.251 e. The molecule has 0 aliphatic carbocycles. The van der Waals surface area contributed by atoms with Crippen molar-refractivity contribution in [3.8, 4) is 5.75 Å². The molecular weight excluding hydrogens is 390 g/mol. The molecule has 0 aliphatic rings. The van der Waals surface area contributed by atoms with Crippen LogP contribution >= 0.6 is 0 Å². The zero-order valence-corrected chi connectivity index (χ0v) is 17.7. The van der Waals surface area contributed by atoms with Gasteiger partial charge in [0.1, 0.15) is 5.75 Å². The first kappa shape index (κ1) is 21.9. The lowest BCUT2D eigenvalue weighted by molar-refractivity contribution is -0.114. The number of carbonyl (C=O) groups excluding carboxylic acids is 2. The van der Waals surface area contributed by atoms with E-state index in [0.29, 0.717) is 17.8 Å². The highest BCUT2D eigenvalue weighted by molar-refractivity contribution is 5.98. The molecule has 0 heterocycles. The van der Waals surface area contributed by atoms with Gasteiger partial charge in [0.2, 0.25) is 5.91 Å². The largest absolute Gasteiger partial charge is 0.491 e. The summed E-state index contributed by atoms with van der Waals surface area (Å²) in [4.78, 5) is 24.7. The van der Waals surface area contributed by atoms with Crippen LogP contribution < -0.4 is 20.7 Å². The van der Waals surface area contributed by atoms with Crippen LogP contribution in [0.15, 0.2) is 78.9 Å². The first-order valence-corrected chi connectivity index (χ1v) is 10.2. The molecule has 3 aromatic carbocycles. The van der Waals surface area contributed by atoms with Gasteiger partial charge in [-0.15, -0.1) is 0 Å². The van der Waals surface area contributed by atoms with Crippen LogP contribution in [0, 0.1) is 0 Å². The highest BCUT2D eigenvalue weighted by atomic mass is 16.5. The van der Waals surface area contributed by atoms with Gasteiger partial charge < -0.3 is 20.7 Å². The summed E-state index contributed by atoms with van der Waals surface area (Å²) in [7, 11) is 0. The van der Waals surface area contributed by atoms with Gasteiger partial charge in [-0.2, -0.15) is 0 Å². The normalized spacial score (nSPS) is 10.4. The number of anilines is 2. The number of hydrogen-bond donors (Lipinski definition) is 3. The monoisotopic (exact) mass is 417 g/mol. The Kier molecular flexibility index (Phi) is 7.65. The zero-order valence-electron chi connectivity index (χ0n) is 17.7. The van der Waals surface area contributed by atoms with Gasteiger partial charge in [-0.3, -0.25) is 9.59 Å². The van der Waals surface area contributed by atoms with Crippen molar-refractivity contribution in [1.82, 2.24) is 5.32 Å². The van der Waals surface area contributed by atoms with E-state index in [9.17, 15) is 9.59 Å². The average Bonchev–Trinajstić information content (AvgIpc) is 2.77. The Morgan fingerprint density at radius 1 is 0.871 bits per heavy atom. The van der Waals surface area contributed by atoms with Gasteiger partial charge in [-0.1, -0.05) is 36.4 Å². The molecule has 160 valence electrons. The fraction of sp³-hybridized carbons (Fsp3) is 0.200. The van der Waals surface area contributed by atoms with Crippen molar-refractivity contribution in [2.24, 2.45) is 0 Å². The van der Waals surface area contributed by atoms with Gasteiger partial charge in [0.05, 0.1) is 12.6 Å². The van der Waals surface area contributed by atoms with Crippen molar-refractivity contribution in [1.29, 1.82) is 0 Å². The summed E-state index contributed by atoms with van der Waals surface area (Å²) in [6, 6.07) is 24.0. The number of nitrogens with one attached hydrogen (secondary N) is 3. The Balaban J connectivity index is 1.49. The molecule has 0 spiro atoms. The van der Waals surface area contributed by atoms with Crippen molar-refractivity contribution < 1.29 is 14.3 Å². The molecule has 0 fully saturated rings. The number of benzene rings is 3. The molecule has 3 N–H and O–H groups in total. The predicted octanol–water partition coefficient (Wildman–Crippen LogP) is 4.45. The van der Waals surface area contributed by atoms with E-state index in [2.05, 4.69) is 16.0 Å². The van der Waals surface area contributed by atoms with Crippen molar-refractivity contribution in [2.45, 2.75) is 26.5 Å². The van der Waals surface area contributed by atoms with Crippen LogP contribution in [0.4, 0.5) is 11.4 Å². The van der Waals surface area contributed by atoms with Crippen LogP contribution in [0.5, 0.6) is 5.75 Å². The fourth-order valence-corrected chi connectivity index (χ4v) is 2.93. The summed E-state index contributed by atoms with van der Waals surface area (Å²) >= 11 is 0. The van der Waals surface area contributed by atoms with E-state index in [0.717, 1.165) is 17.0 Å². The number of amides is 2. The minimum absolute atomic E-state index is 0.106. The average molecular weight is 418 g/mol. The second kappa shape index (κ2) is 10.8.